The van der Waals surface area contributed by atoms with Crippen molar-refractivity contribution < 1.29 is 32.7 Å². The van der Waals surface area contributed by atoms with Crippen LogP contribution >= 0.6 is 0 Å². The molecule has 5 nitrogen and oxygen atoms in total. The van der Waals surface area contributed by atoms with Gasteiger partial charge in [0.15, 0.2) is 0 Å². The first-order valence-electron chi connectivity index (χ1n) is 2.41. The standard InChI is InChI=1S/C4H6N5.Y/c1-5-8-4-6-3-7-9(4)2;/h1-2H3;/q-1;+3. The number of nitrogens with zero attached hydrogens (tertiary/aromatic N) is 5. The molecule has 0 amide bonds. The van der Waals surface area contributed by atoms with Gasteiger partial charge in [0.1, 0.15) is 5.95 Å². The summed E-state index contributed by atoms with van der Waals surface area (Å²) in [6.45, 7) is 0. The molecule has 0 aliphatic rings. The molecule has 1 rings (SSSR count). The van der Waals surface area contributed by atoms with E-state index in [1.54, 1.807) is 14.1 Å². The van der Waals surface area contributed by atoms with Gasteiger partial charge in [-0.25, -0.2) is 10.2 Å². The minimum atomic E-state index is 0. The van der Waals surface area contributed by atoms with Gasteiger partial charge in [-0.2, -0.15) is 0 Å². The number of hydrogen-bond acceptors (Lipinski definition) is 4. The molecule has 0 unspecified atom stereocenters. The zero-order valence-corrected chi connectivity index (χ0v) is 8.65. The first-order valence-corrected chi connectivity index (χ1v) is 2.41. The van der Waals surface area contributed by atoms with Crippen LogP contribution in [0.5, 0.6) is 0 Å². The third kappa shape index (κ3) is 2.23. The Labute approximate surface area is 83.8 Å². The first-order chi connectivity index (χ1) is 4.34. The third-order valence-electron chi connectivity index (χ3n) is 0.824. The van der Waals surface area contributed by atoms with Crippen molar-refractivity contribution >= 4 is 5.95 Å². The zero-order chi connectivity index (χ0) is 6.69. The summed E-state index contributed by atoms with van der Waals surface area (Å²) in [5.74, 6) is 0.470. The number of azo groups is 1. The Hall–Kier alpha value is -0.156. The van der Waals surface area contributed by atoms with Crippen LogP contribution in [0.15, 0.2) is 10.2 Å². The van der Waals surface area contributed by atoms with Crippen molar-refractivity contribution in [3.63, 3.8) is 0 Å². The first kappa shape index (κ1) is 9.84. The summed E-state index contributed by atoms with van der Waals surface area (Å²) >= 11 is 0. The average molecular weight is 213 g/mol. The van der Waals surface area contributed by atoms with E-state index in [9.17, 15) is 0 Å². The van der Waals surface area contributed by atoms with Gasteiger partial charge >= 0.3 is 32.7 Å². The zero-order valence-electron chi connectivity index (χ0n) is 5.81. The number of aromatic nitrogens is 3. The topological polar surface area (TPSA) is 55.4 Å². The van der Waals surface area contributed by atoms with Crippen molar-refractivity contribution in [2.45, 2.75) is 0 Å². The molecule has 0 N–H and O–H groups in total. The van der Waals surface area contributed by atoms with E-state index in [-0.39, 0.29) is 32.7 Å². The summed E-state index contributed by atoms with van der Waals surface area (Å²) in [6.07, 6.45) is 2.39. The summed E-state index contributed by atoms with van der Waals surface area (Å²) in [5, 5.41) is 10.8. The predicted octanol–water partition coefficient (Wildman–Crippen LogP) is 0.326. The van der Waals surface area contributed by atoms with Crippen LogP contribution in [0.4, 0.5) is 5.95 Å². The molecule has 1 aromatic rings. The Morgan fingerprint density at radius 1 is 1.60 bits per heavy atom. The van der Waals surface area contributed by atoms with E-state index in [2.05, 4.69) is 26.6 Å². The Bertz CT molecular complexity index is 217. The fraction of sp³-hybridized carbons (Fsp3) is 0.500. The van der Waals surface area contributed by atoms with Crippen molar-refractivity contribution in [2.75, 3.05) is 7.05 Å². The van der Waals surface area contributed by atoms with Crippen molar-refractivity contribution in [1.29, 1.82) is 0 Å². The molecule has 0 saturated heterocycles. The van der Waals surface area contributed by atoms with Crippen molar-refractivity contribution in [2.24, 2.45) is 17.3 Å². The van der Waals surface area contributed by atoms with Crippen molar-refractivity contribution in [3.05, 3.63) is 6.33 Å². The molecule has 48 valence electrons. The molecule has 0 atom stereocenters. The van der Waals surface area contributed by atoms with Crippen molar-refractivity contribution in [3.8, 4) is 0 Å². The van der Waals surface area contributed by atoms with Gasteiger partial charge in [-0.3, -0.25) is 5.10 Å². The van der Waals surface area contributed by atoms with Gasteiger partial charge in [-0.05, 0) is 6.33 Å². The maximum Gasteiger partial charge on any atom is 3.00 e. The maximum atomic E-state index is 3.67. The molecule has 1 heterocycles. The molecular formula is C4H6N5Y+2. The van der Waals surface area contributed by atoms with Crippen molar-refractivity contribution in [1.82, 2.24) is 14.8 Å². The summed E-state index contributed by atoms with van der Waals surface area (Å²) in [5.41, 5.74) is 0. The van der Waals surface area contributed by atoms with Gasteiger partial charge in [-0.15, -0.1) is 0 Å². The van der Waals surface area contributed by atoms with Crippen LogP contribution in [0.1, 0.15) is 0 Å². The smallest absolute Gasteiger partial charge is 0.396 e. The second-order valence-corrected chi connectivity index (χ2v) is 1.44. The minimum absolute atomic E-state index is 0. The summed E-state index contributed by atoms with van der Waals surface area (Å²) in [4.78, 5) is 3.67. The minimum Gasteiger partial charge on any atom is -0.396 e. The molecule has 0 radical (unpaired) electrons. The van der Waals surface area contributed by atoms with E-state index in [0.29, 0.717) is 5.95 Å². The molecule has 0 saturated carbocycles. The molecular weight excluding hydrogens is 207 g/mol. The predicted molar refractivity (Wildman–Crippen MR) is 30.3 cm³/mol. The van der Waals surface area contributed by atoms with Crippen LogP contribution < -0.4 is 0 Å². The van der Waals surface area contributed by atoms with Crippen LogP contribution in [0.2, 0.25) is 0 Å². The van der Waals surface area contributed by atoms with Gasteiger partial charge in [0.05, 0.1) is 0 Å². The summed E-state index contributed by atoms with van der Waals surface area (Å²) < 4.78 is 1.49. The van der Waals surface area contributed by atoms with E-state index >= 15 is 0 Å². The number of hydrogen-bond donors (Lipinski definition) is 0. The molecule has 0 fully saturated rings. The van der Waals surface area contributed by atoms with Gasteiger partial charge < -0.3 is 9.67 Å². The molecule has 0 aromatic carbocycles. The van der Waals surface area contributed by atoms with E-state index in [4.69, 9.17) is 0 Å². The van der Waals surface area contributed by atoms with Crippen LogP contribution in [-0.4, -0.2) is 21.8 Å². The molecule has 1 aromatic heterocycles. The van der Waals surface area contributed by atoms with Crippen LogP contribution in [0.3, 0.4) is 0 Å². The largest absolute Gasteiger partial charge is 3.00 e. The number of rotatable bonds is 1. The SMILES string of the molecule is CN=Nc1n[c-]nn1C.[Y+3]. The molecule has 0 bridgehead atoms. The Morgan fingerprint density at radius 2 is 2.30 bits per heavy atom. The molecule has 6 heteroatoms. The average Bonchev–Trinajstić information content (AvgIpc) is 2.18. The normalized spacial score (nSPS) is 9.80. The van der Waals surface area contributed by atoms with E-state index in [1.807, 2.05) is 0 Å². The van der Waals surface area contributed by atoms with Gasteiger partial charge in [0.25, 0.3) is 0 Å². The van der Waals surface area contributed by atoms with Crippen LogP contribution in [-0.2, 0) is 39.8 Å². The molecule has 0 spiro atoms. The third-order valence-corrected chi connectivity index (χ3v) is 0.824. The quantitative estimate of drug-likeness (QED) is 0.498. The Kier molecular flexibility index (Phi) is 4.56. The van der Waals surface area contributed by atoms with Gasteiger partial charge in [0.2, 0.25) is 0 Å². The second-order valence-electron chi connectivity index (χ2n) is 1.44. The summed E-state index contributed by atoms with van der Waals surface area (Å²) in [6, 6.07) is 0. The molecule has 0 aliphatic carbocycles. The summed E-state index contributed by atoms with van der Waals surface area (Å²) in [7, 11) is 3.31. The van der Waals surface area contributed by atoms with Gasteiger partial charge in [-0.1, -0.05) is 0 Å². The van der Waals surface area contributed by atoms with E-state index in [0.717, 1.165) is 0 Å². The van der Waals surface area contributed by atoms with Crippen LogP contribution in [0, 0.1) is 6.33 Å². The second kappa shape index (κ2) is 4.63. The van der Waals surface area contributed by atoms with E-state index < -0.39 is 0 Å². The fourth-order valence-electron chi connectivity index (χ4n) is 0.428. The van der Waals surface area contributed by atoms with E-state index in [1.165, 1.54) is 4.68 Å². The maximum absolute atomic E-state index is 3.67. The monoisotopic (exact) mass is 213 g/mol. The van der Waals surface area contributed by atoms with Crippen LogP contribution in [0.25, 0.3) is 0 Å². The Morgan fingerprint density at radius 3 is 2.70 bits per heavy atom. The molecule has 10 heavy (non-hydrogen) atoms. The fourth-order valence-corrected chi connectivity index (χ4v) is 0.428. The van der Waals surface area contributed by atoms with Gasteiger partial charge in [0, 0.05) is 14.1 Å². The molecule has 0 aliphatic heterocycles. The number of aryl methyl sites for hydroxylation is 1. The Balaban J connectivity index is 0.000000810.